The zero-order valence-electron chi connectivity index (χ0n) is 13.3. The van der Waals surface area contributed by atoms with Crippen molar-refractivity contribution in [3.05, 3.63) is 65.7 Å². The molecule has 0 saturated carbocycles. The summed E-state index contributed by atoms with van der Waals surface area (Å²) in [5.74, 6) is 0.797. The van der Waals surface area contributed by atoms with Crippen LogP contribution in [0, 0.1) is 0 Å². The second-order valence-electron chi connectivity index (χ2n) is 5.91. The summed E-state index contributed by atoms with van der Waals surface area (Å²) in [6.45, 7) is 5.17. The third-order valence-corrected chi connectivity index (χ3v) is 4.13. The van der Waals surface area contributed by atoms with Crippen LogP contribution < -0.4 is 10.1 Å². The standard InChI is InChI=1S/C19H24N2O2/c22-19(14-21-11-9-20-10-12-21)17-7-4-8-18(13-17)23-15-16-5-2-1-3-6-16/h1-8,13,19-20,22H,9-12,14-15H2. The highest BCUT2D eigenvalue weighted by Gasteiger charge is 2.16. The van der Waals surface area contributed by atoms with Crippen molar-refractivity contribution in [3.63, 3.8) is 0 Å². The second kappa shape index (κ2) is 8.11. The third kappa shape index (κ3) is 4.79. The number of benzene rings is 2. The fourth-order valence-corrected chi connectivity index (χ4v) is 2.80. The fourth-order valence-electron chi connectivity index (χ4n) is 2.80. The molecular formula is C19H24N2O2. The van der Waals surface area contributed by atoms with Gasteiger partial charge in [-0.3, -0.25) is 4.90 Å². The Bertz CT molecular complexity index is 597. The van der Waals surface area contributed by atoms with Gasteiger partial charge in [-0.05, 0) is 23.3 Å². The van der Waals surface area contributed by atoms with Crippen molar-refractivity contribution in [2.24, 2.45) is 0 Å². The Morgan fingerprint density at radius 2 is 1.83 bits per heavy atom. The lowest BCUT2D eigenvalue weighted by Crippen LogP contribution is -2.44. The van der Waals surface area contributed by atoms with Gasteiger partial charge in [0.1, 0.15) is 12.4 Å². The Hall–Kier alpha value is -1.88. The summed E-state index contributed by atoms with van der Waals surface area (Å²) in [6.07, 6.45) is -0.478. The molecule has 0 amide bonds. The van der Waals surface area contributed by atoms with E-state index < -0.39 is 6.10 Å². The van der Waals surface area contributed by atoms with E-state index in [1.54, 1.807) is 0 Å². The lowest BCUT2D eigenvalue weighted by molar-refractivity contribution is 0.105. The second-order valence-corrected chi connectivity index (χ2v) is 5.91. The van der Waals surface area contributed by atoms with E-state index in [2.05, 4.69) is 10.2 Å². The van der Waals surface area contributed by atoms with Gasteiger partial charge in [0.15, 0.2) is 0 Å². The quantitative estimate of drug-likeness (QED) is 0.858. The molecule has 2 aromatic carbocycles. The van der Waals surface area contributed by atoms with E-state index in [0.717, 1.165) is 43.1 Å². The number of hydrogen-bond donors (Lipinski definition) is 2. The molecule has 0 radical (unpaired) electrons. The van der Waals surface area contributed by atoms with Gasteiger partial charge in [-0.2, -0.15) is 0 Å². The molecule has 1 unspecified atom stereocenters. The summed E-state index contributed by atoms with van der Waals surface area (Å²) >= 11 is 0. The minimum absolute atomic E-state index is 0.478. The van der Waals surface area contributed by atoms with E-state index in [0.29, 0.717) is 13.2 Å². The minimum atomic E-state index is -0.478. The normalized spacial score (nSPS) is 16.9. The van der Waals surface area contributed by atoms with Crippen molar-refractivity contribution in [3.8, 4) is 5.75 Å². The van der Waals surface area contributed by atoms with Crippen molar-refractivity contribution in [1.29, 1.82) is 0 Å². The van der Waals surface area contributed by atoms with Crippen molar-refractivity contribution in [1.82, 2.24) is 10.2 Å². The van der Waals surface area contributed by atoms with E-state index in [9.17, 15) is 5.11 Å². The number of nitrogens with zero attached hydrogens (tertiary/aromatic N) is 1. The highest BCUT2D eigenvalue weighted by atomic mass is 16.5. The summed E-state index contributed by atoms with van der Waals surface area (Å²) in [4.78, 5) is 2.29. The molecule has 0 aliphatic carbocycles. The number of aliphatic hydroxyl groups is 1. The van der Waals surface area contributed by atoms with Crippen molar-refractivity contribution in [2.75, 3.05) is 32.7 Å². The van der Waals surface area contributed by atoms with Gasteiger partial charge in [-0.25, -0.2) is 0 Å². The number of rotatable bonds is 6. The zero-order chi connectivity index (χ0) is 15.9. The Morgan fingerprint density at radius 1 is 1.04 bits per heavy atom. The first-order valence-electron chi connectivity index (χ1n) is 8.19. The SMILES string of the molecule is OC(CN1CCNCC1)c1cccc(OCc2ccccc2)c1. The molecule has 4 nitrogen and oxygen atoms in total. The maximum atomic E-state index is 10.5. The van der Waals surface area contributed by atoms with Crippen LogP contribution >= 0.6 is 0 Å². The first kappa shape index (κ1) is 16.0. The van der Waals surface area contributed by atoms with Crippen LogP contribution in [0.3, 0.4) is 0 Å². The van der Waals surface area contributed by atoms with Crippen LogP contribution in [0.25, 0.3) is 0 Å². The third-order valence-electron chi connectivity index (χ3n) is 4.13. The number of ether oxygens (including phenoxy) is 1. The Kier molecular flexibility index (Phi) is 5.64. The van der Waals surface area contributed by atoms with Crippen molar-refractivity contribution >= 4 is 0 Å². The topological polar surface area (TPSA) is 44.7 Å². The van der Waals surface area contributed by atoms with Crippen LogP contribution in [0.5, 0.6) is 5.75 Å². The largest absolute Gasteiger partial charge is 0.489 e. The molecule has 2 aromatic rings. The molecule has 1 atom stereocenters. The van der Waals surface area contributed by atoms with Gasteiger partial charge in [0.05, 0.1) is 6.10 Å². The molecule has 3 rings (SSSR count). The summed E-state index contributed by atoms with van der Waals surface area (Å²) in [7, 11) is 0. The van der Waals surface area contributed by atoms with E-state index in [-0.39, 0.29) is 0 Å². The summed E-state index contributed by atoms with van der Waals surface area (Å²) < 4.78 is 5.84. The molecule has 0 bridgehead atoms. The lowest BCUT2D eigenvalue weighted by atomic mass is 10.1. The number of aliphatic hydroxyl groups excluding tert-OH is 1. The highest BCUT2D eigenvalue weighted by molar-refractivity contribution is 5.30. The number of hydrogen-bond acceptors (Lipinski definition) is 4. The Morgan fingerprint density at radius 3 is 2.61 bits per heavy atom. The monoisotopic (exact) mass is 312 g/mol. The molecular weight excluding hydrogens is 288 g/mol. The van der Waals surface area contributed by atoms with E-state index in [1.807, 2.05) is 54.6 Å². The maximum absolute atomic E-state index is 10.5. The molecule has 0 aromatic heterocycles. The first-order chi connectivity index (χ1) is 11.3. The van der Waals surface area contributed by atoms with Gasteiger partial charge in [-0.1, -0.05) is 42.5 Å². The average molecular weight is 312 g/mol. The van der Waals surface area contributed by atoms with E-state index >= 15 is 0 Å². The van der Waals surface area contributed by atoms with Gasteiger partial charge < -0.3 is 15.2 Å². The number of β-amino-alcohol motifs (C(OH)–C–C–N with tert-alkyl or cyclic N) is 1. The maximum Gasteiger partial charge on any atom is 0.120 e. The van der Waals surface area contributed by atoms with E-state index in [4.69, 9.17) is 4.74 Å². The number of nitrogens with one attached hydrogen (secondary N) is 1. The summed E-state index contributed by atoms with van der Waals surface area (Å²) in [6, 6.07) is 17.9. The predicted molar refractivity (Wildman–Crippen MR) is 91.5 cm³/mol. The first-order valence-corrected chi connectivity index (χ1v) is 8.19. The molecule has 4 heteroatoms. The van der Waals surface area contributed by atoms with Crippen molar-refractivity contribution in [2.45, 2.75) is 12.7 Å². The van der Waals surface area contributed by atoms with Crippen LogP contribution in [0.4, 0.5) is 0 Å². The molecule has 0 spiro atoms. The van der Waals surface area contributed by atoms with Gasteiger partial charge in [0.25, 0.3) is 0 Å². The zero-order valence-corrected chi connectivity index (χ0v) is 13.3. The van der Waals surface area contributed by atoms with Crippen LogP contribution in [0.1, 0.15) is 17.2 Å². The summed E-state index contributed by atoms with van der Waals surface area (Å²) in [5.41, 5.74) is 2.05. The van der Waals surface area contributed by atoms with Gasteiger partial charge >= 0.3 is 0 Å². The minimum Gasteiger partial charge on any atom is -0.489 e. The number of piperazine rings is 1. The van der Waals surface area contributed by atoms with Gasteiger partial charge in [0, 0.05) is 32.7 Å². The predicted octanol–water partition coefficient (Wildman–Crippen LogP) is 2.20. The lowest BCUT2D eigenvalue weighted by Gasteiger charge is -2.29. The van der Waals surface area contributed by atoms with E-state index in [1.165, 1.54) is 0 Å². The Labute approximate surface area is 137 Å². The molecule has 1 aliphatic heterocycles. The molecule has 1 saturated heterocycles. The van der Waals surface area contributed by atoms with Crippen LogP contribution in [-0.4, -0.2) is 42.7 Å². The smallest absolute Gasteiger partial charge is 0.120 e. The Balaban J connectivity index is 1.57. The summed E-state index contributed by atoms with van der Waals surface area (Å²) in [5, 5.41) is 13.8. The molecule has 2 N–H and O–H groups in total. The molecule has 23 heavy (non-hydrogen) atoms. The fraction of sp³-hybridized carbons (Fsp3) is 0.368. The molecule has 1 fully saturated rings. The van der Waals surface area contributed by atoms with Gasteiger partial charge in [-0.15, -0.1) is 0 Å². The average Bonchev–Trinajstić information content (AvgIpc) is 2.62. The molecule has 1 aliphatic rings. The van der Waals surface area contributed by atoms with Crippen LogP contribution in [0.2, 0.25) is 0 Å². The van der Waals surface area contributed by atoms with Crippen LogP contribution in [0.15, 0.2) is 54.6 Å². The van der Waals surface area contributed by atoms with Crippen LogP contribution in [-0.2, 0) is 6.61 Å². The molecule has 1 heterocycles. The van der Waals surface area contributed by atoms with Gasteiger partial charge in [0.2, 0.25) is 0 Å². The van der Waals surface area contributed by atoms with Crippen molar-refractivity contribution < 1.29 is 9.84 Å². The molecule has 122 valence electrons. The highest BCUT2D eigenvalue weighted by Crippen LogP contribution is 2.21.